The van der Waals surface area contributed by atoms with Crippen LogP contribution in [-0.2, 0) is 4.79 Å². The summed E-state index contributed by atoms with van der Waals surface area (Å²) in [4.78, 5) is 16.4. The molecular formula is C13H27N3O. The summed E-state index contributed by atoms with van der Waals surface area (Å²) in [5, 5.41) is 0. The van der Waals surface area contributed by atoms with Gasteiger partial charge in [0.25, 0.3) is 0 Å². The molecular weight excluding hydrogens is 214 g/mol. The van der Waals surface area contributed by atoms with Crippen molar-refractivity contribution in [2.45, 2.75) is 45.6 Å². The molecule has 1 atom stereocenters. The normalized spacial score (nSPS) is 19.4. The lowest BCUT2D eigenvalue weighted by Crippen LogP contribution is -2.48. The van der Waals surface area contributed by atoms with E-state index in [1.54, 1.807) is 0 Å². The molecule has 0 saturated carbocycles. The SMILES string of the molecule is CCCN1CCN(C(=O)CCCC(C)N)CC1. The highest BCUT2D eigenvalue weighted by Crippen LogP contribution is 2.07. The Labute approximate surface area is 105 Å². The van der Waals surface area contributed by atoms with Gasteiger partial charge in [-0.1, -0.05) is 6.92 Å². The molecule has 0 aromatic rings. The summed E-state index contributed by atoms with van der Waals surface area (Å²) < 4.78 is 0. The summed E-state index contributed by atoms with van der Waals surface area (Å²) in [6.45, 7) is 9.22. The van der Waals surface area contributed by atoms with E-state index < -0.39 is 0 Å². The minimum atomic E-state index is 0.212. The number of carbonyl (C=O) groups excluding carboxylic acids is 1. The van der Waals surface area contributed by atoms with E-state index in [4.69, 9.17) is 5.73 Å². The minimum Gasteiger partial charge on any atom is -0.340 e. The number of hydrogen-bond donors (Lipinski definition) is 1. The Balaban J connectivity index is 2.17. The fraction of sp³-hybridized carbons (Fsp3) is 0.923. The molecule has 1 saturated heterocycles. The highest BCUT2D eigenvalue weighted by Gasteiger charge is 2.19. The molecule has 0 spiro atoms. The molecule has 4 heteroatoms. The molecule has 0 bridgehead atoms. The van der Waals surface area contributed by atoms with E-state index >= 15 is 0 Å². The van der Waals surface area contributed by atoms with Crippen LogP contribution in [0.4, 0.5) is 0 Å². The first-order chi connectivity index (χ1) is 8.13. The van der Waals surface area contributed by atoms with Gasteiger partial charge in [-0.15, -0.1) is 0 Å². The quantitative estimate of drug-likeness (QED) is 0.756. The lowest BCUT2D eigenvalue weighted by atomic mass is 10.1. The third kappa shape index (κ3) is 5.50. The summed E-state index contributed by atoms with van der Waals surface area (Å²) in [5.41, 5.74) is 5.68. The molecule has 1 rings (SSSR count). The summed E-state index contributed by atoms with van der Waals surface area (Å²) >= 11 is 0. The average molecular weight is 241 g/mol. The van der Waals surface area contributed by atoms with Crippen molar-refractivity contribution in [3.8, 4) is 0 Å². The molecule has 1 aliphatic heterocycles. The number of nitrogens with two attached hydrogens (primary N) is 1. The van der Waals surface area contributed by atoms with Crippen molar-refractivity contribution < 1.29 is 4.79 Å². The fourth-order valence-electron chi connectivity index (χ4n) is 2.27. The van der Waals surface area contributed by atoms with E-state index in [-0.39, 0.29) is 6.04 Å². The van der Waals surface area contributed by atoms with Gasteiger partial charge in [0.05, 0.1) is 0 Å². The molecule has 1 amide bonds. The smallest absolute Gasteiger partial charge is 0.222 e. The van der Waals surface area contributed by atoms with Crippen LogP contribution in [0.1, 0.15) is 39.5 Å². The third-order valence-corrected chi connectivity index (χ3v) is 3.31. The zero-order chi connectivity index (χ0) is 12.7. The molecule has 17 heavy (non-hydrogen) atoms. The molecule has 1 fully saturated rings. The molecule has 0 aromatic heterocycles. The fourth-order valence-corrected chi connectivity index (χ4v) is 2.27. The van der Waals surface area contributed by atoms with Crippen LogP contribution in [0.15, 0.2) is 0 Å². The summed E-state index contributed by atoms with van der Waals surface area (Å²) in [6, 6.07) is 0.212. The molecule has 0 radical (unpaired) electrons. The first kappa shape index (κ1) is 14.5. The molecule has 1 aliphatic rings. The Morgan fingerprint density at radius 3 is 2.47 bits per heavy atom. The topological polar surface area (TPSA) is 49.6 Å². The second-order valence-corrected chi connectivity index (χ2v) is 5.09. The summed E-state index contributed by atoms with van der Waals surface area (Å²) in [5.74, 6) is 0.307. The Morgan fingerprint density at radius 1 is 1.29 bits per heavy atom. The number of hydrogen-bond acceptors (Lipinski definition) is 3. The zero-order valence-corrected chi connectivity index (χ0v) is 11.3. The van der Waals surface area contributed by atoms with Crippen molar-refractivity contribution in [2.24, 2.45) is 5.73 Å². The molecule has 0 aromatic carbocycles. The van der Waals surface area contributed by atoms with Crippen LogP contribution < -0.4 is 5.73 Å². The summed E-state index contributed by atoms with van der Waals surface area (Å²) in [7, 11) is 0. The van der Waals surface area contributed by atoms with Gasteiger partial charge in [-0.05, 0) is 32.7 Å². The zero-order valence-electron chi connectivity index (χ0n) is 11.3. The van der Waals surface area contributed by atoms with Gasteiger partial charge in [0.1, 0.15) is 0 Å². The molecule has 100 valence electrons. The average Bonchev–Trinajstić information content (AvgIpc) is 2.30. The number of piperazine rings is 1. The van der Waals surface area contributed by atoms with E-state index in [1.165, 1.54) is 6.42 Å². The van der Waals surface area contributed by atoms with E-state index in [1.807, 2.05) is 11.8 Å². The van der Waals surface area contributed by atoms with Gasteiger partial charge < -0.3 is 10.6 Å². The van der Waals surface area contributed by atoms with Gasteiger partial charge in [0.2, 0.25) is 5.91 Å². The highest BCUT2D eigenvalue weighted by atomic mass is 16.2. The largest absolute Gasteiger partial charge is 0.340 e. The highest BCUT2D eigenvalue weighted by molar-refractivity contribution is 5.76. The van der Waals surface area contributed by atoms with Crippen molar-refractivity contribution >= 4 is 5.91 Å². The number of nitrogens with zero attached hydrogens (tertiary/aromatic N) is 2. The van der Waals surface area contributed by atoms with E-state index in [0.29, 0.717) is 12.3 Å². The van der Waals surface area contributed by atoms with Crippen molar-refractivity contribution in [2.75, 3.05) is 32.7 Å². The van der Waals surface area contributed by atoms with Gasteiger partial charge in [0, 0.05) is 38.6 Å². The predicted molar refractivity (Wildman–Crippen MR) is 70.8 cm³/mol. The van der Waals surface area contributed by atoms with Crippen LogP contribution in [0.5, 0.6) is 0 Å². The predicted octanol–water partition coefficient (Wildman–Crippen LogP) is 1.06. The molecule has 0 aliphatic carbocycles. The van der Waals surface area contributed by atoms with Gasteiger partial charge in [-0.25, -0.2) is 0 Å². The van der Waals surface area contributed by atoms with Crippen LogP contribution >= 0.6 is 0 Å². The Kier molecular flexibility index (Phi) is 6.52. The molecule has 4 nitrogen and oxygen atoms in total. The van der Waals surface area contributed by atoms with Gasteiger partial charge >= 0.3 is 0 Å². The molecule has 2 N–H and O–H groups in total. The third-order valence-electron chi connectivity index (χ3n) is 3.31. The van der Waals surface area contributed by atoms with E-state index in [9.17, 15) is 4.79 Å². The Hall–Kier alpha value is -0.610. The lowest BCUT2D eigenvalue weighted by Gasteiger charge is -2.34. The maximum absolute atomic E-state index is 11.9. The minimum absolute atomic E-state index is 0.212. The lowest BCUT2D eigenvalue weighted by molar-refractivity contribution is -0.133. The van der Waals surface area contributed by atoms with Crippen LogP contribution in [0.25, 0.3) is 0 Å². The second kappa shape index (κ2) is 7.67. The maximum Gasteiger partial charge on any atom is 0.222 e. The Morgan fingerprint density at radius 2 is 1.94 bits per heavy atom. The van der Waals surface area contributed by atoms with Crippen LogP contribution in [-0.4, -0.2) is 54.5 Å². The Bertz CT molecular complexity index is 223. The van der Waals surface area contributed by atoms with Crippen molar-refractivity contribution in [1.82, 2.24) is 9.80 Å². The van der Waals surface area contributed by atoms with Crippen molar-refractivity contribution in [3.63, 3.8) is 0 Å². The number of amides is 1. The van der Waals surface area contributed by atoms with Crippen molar-refractivity contribution in [3.05, 3.63) is 0 Å². The van der Waals surface area contributed by atoms with Gasteiger partial charge in [0.15, 0.2) is 0 Å². The second-order valence-electron chi connectivity index (χ2n) is 5.09. The summed E-state index contributed by atoms with van der Waals surface area (Å²) in [6.07, 6.45) is 3.73. The molecule has 1 unspecified atom stereocenters. The molecule has 1 heterocycles. The van der Waals surface area contributed by atoms with Gasteiger partial charge in [-0.2, -0.15) is 0 Å². The number of rotatable bonds is 6. The first-order valence-electron chi connectivity index (χ1n) is 6.89. The monoisotopic (exact) mass is 241 g/mol. The van der Waals surface area contributed by atoms with Crippen LogP contribution in [0.2, 0.25) is 0 Å². The first-order valence-corrected chi connectivity index (χ1v) is 6.89. The van der Waals surface area contributed by atoms with Crippen LogP contribution in [0.3, 0.4) is 0 Å². The van der Waals surface area contributed by atoms with E-state index in [0.717, 1.165) is 45.6 Å². The standard InChI is InChI=1S/C13H27N3O/c1-3-7-15-8-10-16(11-9-15)13(17)6-4-5-12(2)14/h12H,3-11,14H2,1-2H3. The van der Waals surface area contributed by atoms with Crippen molar-refractivity contribution in [1.29, 1.82) is 0 Å². The van der Waals surface area contributed by atoms with Gasteiger partial charge in [-0.3, -0.25) is 9.69 Å². The van der Waals surface area contributed by atoms with E-state index in [2.05, 4.69) is 11.8 Å². The number of carbonyl (C=O) groups is 1. The maximum atomic E-state index is 11.9. The van der Waals surface area contributed by atoms with Crippen LogP contribution in [0, 0.1) is 0 Å².